The summed E-state index contributed by atoms with van der Waals surface area (Å²) in [6, 6.07) is 10.7. The van der Waals surface area contributed by atoms with Crippen LogP contribution in [0.5, 0.6) is 11.5 Å². The normalized spacial score (nSPS) is 20.2. The predicted octanol–water partition coefficient (Wildman–Crippen LogP) is 1.31. The van der Waals surface area contributed by atoms with Crippen molar-refractivity contribution in [2.24, 2.45) is 0 Å². The van der Waals surface area contributed by atoms with Crippen molar-refractivity contribution < 1.29 is 37.6 Å². The van der Waals surface area contributed by atoms with E-state index >= 15 is 0 Å². The summed E-state index contributed by atoms with van der Waals surface area (Å²) in [4.78, 5) is 26.3. The molecule has 14 nitrogen and oxygen atoms in total. The van der Waals surface area contributed by atoms with Crippen molar-refractivity contribution in [1.82, 2.24) is 24.8 Å². The fourth-order valence-corrected chi connectivity index (χ4v) is 5.44. The summed E-state index contributed by atoms with van der Waals surface area (Å²) in [6.07, 6.45) is 3.68. The molecule has 1 amide bonds. The lowest BCUT2D eigenvalue weighted by atomic mass is 10.1. The fourth-order valence-electron chi connectivity index (χ4n) is 4.81. The smallest absolute Gasteiger partial charge is 0.244 e. The first-order valence-corrected chi connectivity index (χ1v) is 15.4. The minimum absolute atomic E-state index is 0.224. The van der Waals surface area contributed by atoms with Gasteiger partial charge in [-0.1, -0.05) is 12.1 Å². The standard InChI is InChI=1S/C29H32N6O8S/c1-41-19-10-18(11-20(12-19)42-2)6-9-23(37)34-24-26(38)22(14-36)43-29(24)35-16-33-25-27(31-15-32-28(25)35)30-13-17-4-7-21(8-5-17)44(3,39)40/h4-12,15-16,22,24,26,29,36,38H,13-14H2,1-3H3,(H,34,37)(H,30,31,32)/b9-6+/t22-,24-,26-,29-/m1/s1. The Morgan fingerprint density at radius 2 is 1.80 bits per heavy atom. The summed E-state index contributed by atoms with van der Waals surface area (Å²) in [5, 5.41) is 26.7. The quantitative estimate of drug-likeness (QED) is 0.176. The molecule has 0 saturated carbocycles. The molecule has 0 unspecified atom stereocenters. The second-order valence-corrected chi connectivity index (χ2v) is 12.1. The first-order valence-electron chi connectivity index (χ1n) is 13.5. The minimum Gasteiger partial charge on any atom is -0.497 e. The number of sulfone groups is 1. The molecule has 1 aliphatic heterocycles. The van der Waals surface area contributed by atoms with Crippen molar-refractivity contribution in [3.63, 3.8) is 0 Å². The van der Waals surface area contributed by atoms with E-state index in [1.807, 2.05) is 0 Å². The van der Waals surface area contributed by atoms with E-state index < -0.39 is 46.8 Å². The van der Waals surface area contributed by atoms with Crippen molar-refractivity contribution in [3.8, 4) is 11.5 Å². The zero-order chi connectivity index (χ0) is 31.4. The Morgan fingerprint density at radius 1 is 1.09 bits per heavy atom. The van der Waals surface area contributed by atoms with E-state index in [1.54, 1.807) is 41.0 Å². The molecule has 1 aliphatic rings. The van der Waals surface area contributed by atoms with Gasteiger partial charge >= 0.3 is 0 Å². The van der Waals surface area contributed by atoms with Crippen LogP contribution in [0.3, 0.4) is 0 Å². The molecule has 0 radical (unpaired) electrons. The molecule has 44 heavy (non-hydrogen) atoms. The number of methoxy groups -OCH3 is 2. The van der Waals surface area contributed by atoms with E-state index in [-0.39, 0.29) is 4.90 Å². The minimum atomic E-state index is -3.30. The number of hydrogen-bond acceptors (Lipinski definition) is 12. The third kappa shape index (κ3) is 6.65. The van der Waals surface area contributed by atoms with Crippen LogP contribution < -0.4 is 20.1 Å². The average molecular weight is 625 g/mol. The second-order valence-electron chi connectivity index (χ2n) is 10.1. The Balaban J connectivity index is 1.35. The van der Waals surface area contributed by atoms with E-state index in [2.05, 4.69) is 25.6 Å². The van der Waals surface area contributed by atoms with Crippen LogP contribution in [0.1, 0.15) is 17.4 Å². The number of aliphatic hydroxyl groups is 2. The Kier molecular flexibility index (Phi) is 9.10. The van der Waals surface area contributed by atoms with Crippen molar-refractivity contribution in [2.45, 2.75) is 35.9 Å². The van der Waals surface area contributed by atoms with Crippen LogP contribution in [0.15, 0.2) is 66.1 Å². The molecular weight excluding hydrogens is 592 g/mol. The van der Waals surface area contributed by atoms with E-state index in [0.717, 1.165) is 11.8 Å². The van der Waals surface area contributed by atoms with Crippen LogP contribution in [0.2, 0.25) is 0 Å². The Bertz CT molecular complexity index is 1750. The molecule has 15 heteroatoms. The van der Waals surface area contributed by atoms with Gasteiger partial charge in [0.1, 0.15) is 36.1 Å². The van der Waals surface area contributed by atoms with Gasteiger partial charge < -0.3 is 35.1 Å². The second kappa shape index (κ2) is 13.0. The molecule has 2 aromatic carbocycles. The lowest BCUT2D eigenvalue weighted by Crippen LogP contribution is -2.46. The van der Waals surface area contributed by atoms with Crippen molar-refractivity contribution >= 4 is 38.8 Å². The van der Waals surface area contributed by atoms with Gasteiger partial charge in [-0.25, -0.2) is 23.4 Å². The number of amides is 1. The number of aliphatic hydroxyl groups excluding tert-OH is 2. The largest absolute Gasteiger partial charge is 0.497 e. The van der Waals surface area contributed by atoms with Gasteiger partial charge in [-0.05, 0) is 41.5 Å². The maximum absolute atomic E-state index is 13.0. The summed E-state index contributed by atoms with van der Waals surface area (Å²) < 4.78 is 41.5. The van der Waals surface area contributed by atoms with Crippen molar-refractivity contribution in [1.29, 1.82) is 0 Å². The van der Waals surface area contributed by atoms with Gasteiger partial charge in [0.25, 0.3) is 0 Å². The van der Waals surface area contributed by atoms with Gasteiger partial charge in [-0.15, -0.1) is 0 Å². The number of ether oxygens (including phenoxy) is 3. The van der Waals surface area contributed by atoms with Gasteiger partial charge in [0.05, 0.1) is 32.0 Å². The topological polar surface area (TPSA) is 187 Å². The molecule has 232 valence electrons. The Morgan fingerprint density at radius 3 is 2.43 bits per heavy atom. The highest BCUT2D eigenvalue weighted by atomic mass is 32.2. The van der Waals surface area contributed by atoms with Gasteiger partial charge in [0.15, 0.2) is 33.0 Å². The molecule has 4 aromatic rings. The number of benzene rings is 2. The van der Waals surface area contributed by atoms with Gasteiger partial charge in [0.2, 0.25) is 5.91 Å². The first-order chi connectivity index (χ1) is 21.1. The van der Waals surface area contributed by atoms with Crippen LogP contribution >= 0.6 is 0 Å². The molecule has 2 aromatic heterocycles. The monoisotopic (exact) mass is 624 g/mol. The third-order valence-electron chi connectivity index (χ3n) is 7.10. The molecule has 1 saturated heterocycles. The van der Waals surface area contributed by atoms with Crippen LogP contribution in [0, 0.1) is 0 Å². The molecule has 0 spiro atoms. The van der Waals surface area contributed by atoms with Gasteiger partial charge in [-0.2, -0.15) is 0 Å². The Labute approximate surface area is 253 Å². The lowest BCUT2D eigenvalue weighted by Gasteiger charge is -2.22. The number of nitrogens with zero attached hydrogens (tertiary/aromatic N) is 4. The zero-order valence-electron chi connectivity index (χ0n) is 24.1. The maximum atomic E-state index is 13.0. The molecule has 4 atom stereocenters. The summed E-state index contributed by atoms with van der Waals surface area (Å²) in [6.45, 7) is -0.144. The SMILES string of the molecule is COc1cc(/C=C/C(=O)N[C@@H]2[C@H](O)[C@@H](CO)O[C@H]2n2cnc3c(NCc4ccc(S(C)(=O)=O)cc4)ncnc32)cc(OC)c1. The van der Waals surface area contributed by atoms with Crippen LogP contribution in [0.25, 0.3) is 17.2 Å². The van der Waals surface area contributed by atoms with Gasteiger partial charge in [-0.3, -0.25) is 9.36 Å². The number of carbonyl (C=O) groups is 1. The molecule has 1 fully saturated rings. The molecular formula is C29H32N6O8S. The highest BCUT2D eigenvalue weighted by molar-refractivity contribution is 7.90. The first kappa shape index (κ1) is 30.9. The highest BCUT2D eigenvalue weighted by Crippen LogP contribution is 2.32. The number of nitrogens with one attached hydrogen (secondary N) is 2. The van der Waals surface area contributed by atoms with Crippen LogP contribution in [-0.2, 0) is 25.9 Å². The Hall–Kier alpha value is -4.57. The zero-order valence-corrected chi connectivity index (χ0v) is 24.9. The maximum Gasteiger partial charge on any atom is 0.244 e. The molecule has 0 bridgehead atoms. The molecule has 4 N–H and O–H groups in total. The summed E-state index contributed by atoms with van der Waals surface area (Å²) in [5.41, 5.74) is 2.25. The number of carbonyl (C=O) groups excluding carboxylic acids is 1. The fraction of sp³-hybridized carbons (Fsp3) is 0.310. The summed E-state index contributed by atoms with van der Waals surface area (Å²) >= 11 is 0. The number of aromatic nitrogens is 4. The van der Waals surface area contributed by atoms with Crippen LogP contribution in [0.4, 0.5) is 5.82 Å². The van der Waals surface area contributed by atoms with Crippen molar-refractivity contribution in [2.75, 3.05) is 32.4 Å². The number of fused-ring (bicyclic) bond motifs is 1. The number of anilines is 1. The van der Waals surface area contributed by atoms with E-state index in [1.165, 1.54) is 45.1 Å². The summed E-state index contributed by atoms with van der Waals surface area (Å²) in [7, 11) is -0.249. The van der Waals surface area contributed by atoms with E-state index in [9.17, 15) is 23.4 Å². The molecule has 3 heterocycles. The molecule has 5 rings (SSSR count). The average Bonchev–Trinajstić information content (AvgIpc) is 3.59. The lowest BCUT2D eigenvalue weighted by molar-refractivity contribution is -0.118. The molecule has 0 aliphatic carbocycles. The number of hydrogen-bond donors (Lipinski definition) is 4. The number of imidazole rings is 1. The van der Waals surface area contributed by atoms with Crippen LogP contribution in [-0.4, -0.2) is 89.4 Å². The van der Waals surface area contributed by atoms with Gasteiger partial charge in [0, 0.05) is 24.9 Å². The van der Waals surface area contributed by atoms with Crippen molar-refractivity contribution in [3.05, 3.63) is 72.3 Å². The predicted molar refractivity (Wildman–Crippen MR) is 160 cm³/mol. The number of rotatable bonds is 11. The van der Waals surface area contributed by atoms with E-state index in [4.69, 9.17) is 14.2 Å². The van der Waals surface area contributed by atoms with E-state index in [0.29, 0.717) is 40.6 Å². The third-order valence-corrected chi connectivity index (χ3v) is 8.23. The highest BCUT2D eigenvalue weighted by Gasteiger charge is 2.45. The summed E-state index contributed by atoms with van der Waals surface area (Å²) in [5.74, 6) is 1.02.